The number of nitro benzene ring substituents is 1. The van der Waals surface area contributed by atoms with Crippen LogP contribution in [0.1, 0.15) is 6.92 Å². The number of ether oxygens (including phenoxy) is 2. The molecule has 0 spiro atoms. The van der Waals surface area contributed by atoms with Crippen molar-refractivity contribution in [2.75, 3.05) is 13.2 Å². The smallest absolute Gasteiger partial charge is 0.326 e. The predicted octanol–water partition coefficient (Wildman–Crippen LogP) is 1.00. The Morgan fingerprint density at radius 2 is 2.26 bits per heavy atom. The first-order chi connectivity index (χ1) is 8.95. The van der Waals surface area contributed by atoms with Crippen LogP contribution in [0.2, 0.25) is 0 Å². The minimum absolute atomic E-state index is 0.179. The van der Waals surface area contributed by atoms with Gasteiger partial charge in [-0.1, -0.05) is 0 Å². The first kappa shape index (κ1) is 14.8. The Hall–Kier alpha value is -2.22. The molecule has 0 aromatic heterocycles. The molecule has 0 aliphatic rings. The van der Waals surface area contributed by atoms with E-state index in [9.17, 15) is 19.3 Å². The third kappa shape index (κ3) is 4.18. The zero-order valence-electron chi connectivity index (χ0n) is 10.2. The number of rotatable bonds is 6. The zero-order valence-corrected chi connectivity index (χ0v) is 10.2. The fraction of sp³-hybridized carbons (Fsp3) is 0.364. The van der Waals surface area contributed by atoms with E-state index in [1.807, 2.05) is 0 Å². The van der Waals surface area contributed by atoms with Crippen LogP contribution in [0.4, 0.5) is 10.1 Å². The number of benzene rings is 1. The number of hydrogen-bond donors (Lipinski definition) is 1. The Morgan fingerprint density at radius 3 is 2.79 bits per heavy atom. The molecular weight excluding hydrogens is 259 g/mol. The number of halogens is 1. The molecule has 1 aromatic rings. The van der Waals surface area contributed by atoms with Crippen molar-refractivity contribution < 1.29 is 23.6 Å². The Morgan fingerprint density at radius 1 is 1.58 bits per heavy atom. The summed E-state index contributed by atoms with van der Waals surface area (Å²) < 4.78 is 23.0. The zero-order chi connectivity index (χ0) is 14.4. The second-order valence-electron chi connectivity index (χ2n) is 3.54. The van der Waals surface area contributed by atoms with Gasteiger partial charge in [-0.25, -0.2) is 4.39 Å². The van der Waals surface area contributed by atoms with E-state index in [-0.39, 0.29) is 24.7 Å². The second-order valence-corrected chi connectivity index (χ2v) is 3.54. The maximum absolute atomic E-state index is 13.4. The van der Waals surface area contributed by atoms with Crippen molar-refractivity contribution in [1.82, 2.24) is 0 Å². The Kier molecular flexibility index (Phi) is 5.19. The van der Waals surface area contributed by atoms with E-state index in [2.05, 4.69) is 4.74 Å². The summed E-state index contributed by atoms with van der Waals surface area (Å²) in [6.07, 6.45) is 0. The van der Waals surface area contributed by atoms with Gasteiger partial charge in [-0.2, -0.15) is 0 Å². The lowest BCUT2D eigenvalue weighted by Gasteiger charge is -2.12. The molecule has 19 heavy (non-hydrogen) atoms. The lowest BCUT2D eigenvalue weighted by molar-refractivity contribution is -0.385. The standard InChI is InChI=1S/C11H13FN2O5/c1-2-18-11(15)9(13)6-19-10-4-3-7(14(16)17)5-8(10)12/h3-5,9H,2,6,13H2,1H3. The first-order valence-corrected chi connectivity index (χ1v) is 5.44. The van der Waals surface area contributed by atoms with E-state index in [0.717, 1.165) is 18.2 Å². The first-order valence-electron chi connectivity index (χ1n) is 5.44. The van der Waals surface area contributed by atoms with Crippen molar-refractivity contribution in [2.45, 2.75) is 13.0 Å². The normalized spacial score (nSPS) is 11.7. The highest BCUT2D eigenvalue weighted by Crippen LogP contribution is 2.22. The molecule has 104 valence electrons. The van der Waals surface area contributed by atoms with E-state index >= 15 is 0 Å². The number of esters is 1. The molecule has 0 heterocycles. The molecular formula is C11H13FN2O5. The van der Waals surface area contributed by atoms with Crippen LogP contribution in [0.3, 0.4) is 0 Å². The highest BCUT2D eigenvalue weighted by Gasteiger charge is 2.17. The van der Waals surface area contributed by atoms with Crippen LogP contribution >= 0.6 is 0 Å². The molecule has 0 fully saturated rings. The Balaban J connectivity index is 2.63. The molecule has 0 bridgehead atoms. The minimum Gasteiger partial charge on any atom is -0.488 e. The van der Waals surface area contributed by atoms with Gasteiger partial charge in [-0.15, -0.1) is 0 Å². The van der Waals surface area contributed by atoms with E-state index in [1.165, 1.54) is 0 Å². The van der Waals surface area contributed by atoms with E-state index in [4.69, 9.17) is 10.5 Å². The lowest BCUT2D eigenvalue weighted by atomic mass is 10.3. The SMILES string of the molecule is CCOC(=O)C(N)COc1ccc([N+](=O)[O-])cc1F. The maximum Gasteiger partial charge on any atom is 0.326 e. The number of non-ortho nitro benzene ring substituents is 1. The molecule has 2 N–H and O–H groups in total. The van der Waals surface area contributed by atoms with Crippen molar-refractivity contribution in [3.05, 3.63) is 34.1 Å². The largest absolute Gasteiger partial charge is 0.488 e. The molecule has 0 amide bonds. The number of carbonyl (C=O) groups is 1. The van der Waals surface area contributed by atoms with Crippen molar-refractivity contribution in [2.24, 2.45) is 5.73 Å². The average molecular weight is 272 g/mol. The predicted molar refractivity (Wildman–Crippen MR) is 63.2 cm³/mol. The molecule has 0 saturated carbocycles. The molecule has 1 unspecified atom stereocenters. The summed E-state index contributed by atoms with van der Waals surface area (Å²) in [5, 5.41) is 10.4. The Labute approximate surface area is 108 Å². The van der Waals surface area contributed by atoms with Crippen molar-refractivity contribution in [1.29, 1.82) is 0 Å². The molecule has 0 radical (unpaired) electrons. The molecule has 0 saturated heterocycles. The monoisotopic (exact) mass is 272 g/mol. The van der Waals surface area contributed by atoms with Crippen LogP contribution in [-0.4, -0.2) is 30.1 Å². The van der Waals surface area contributed by atoms with Crippen molar-refractivity contribution >= 4 is 11.7 Å². The van der Waals surface area contributed by atoms with Gasteiger partial charge >= 0.3 is 5.97 Å². The van der Waals surface area contributed by atoms with Crippen LogP contribution in [0.15, 0.2) is 18.2 Å². The highest BCUT2D eigenvalue weighted by atomic mass is 19.1. The average Bonchev–Trinajstić information content (AvgIpc) is 2.36. The molecule has 1 aromatic carbocycles. The highest BCUT2D eigenvalue weighted by molar-refractivity contribution is 5.75. The number of nitrogens with two attached hydrogens (primary N) is 1. The third-order valence-electron chi connectivity index (χ3n) is 2.13. The van der Waals surface area contributed by atoms with Crippen LogP contribution in [-0.2, 0) is 9.53 Å². The summed E-state index contributed by atoms with van der Waals surface area (Å²) in [6.45, 7) is 1.52. The molecule has 0 aliphatic carbocycles. The minimum atomic E-state index is -1.05. The van der Waals surface area contributed by atoms with Gasteiger partial charge in [0.2, 0.25) is 0 Å². The van der Waals surface area contributed by atoms with Crippen molar-refractivity contribution in [3.8, 4) is 5.75 Å². The van der Waals surface area contributed by atoms with Crippen LogP contribution in [0, 0.1) is 15.9 Å². The van der Waals surface area contributed by atoms with E-state index in [1.54, 1.807) is 6.92 Å². The van der Waals surface area contributed by atoms with Crippen LogP contribution in [0.25, 0.3) is 0 Å². The summed E-state index contributed by atoms with van der Waals surface area (Å²) in [4.78, 5) is 20.9. The topological polar surface area (TPSA) is 105 Å². The summed E-state index contributed by atoms with van der Waals surface area (Å²) in [5.74, 6) is -1.78. The number of hydrogen-bond acceptors (Lipinski definition) is 6. The van der Waals surface area contributed by atoms with E-state index in [0.29, 0.717) is 0 Å². The number of nitrogens with zero attached hydrogens (tertiary/aromatic N) is 1. The summed E-state index contributed by atoms with van der Waals surface area (Å²) in [5.41, 5.74) is 5.06. The van der Waals surface area contributed by atoms with Gasteiger partial charge in [-0.05, 0) is 13.0 Å². The van der Waals surface area contributed by atoms with Gasteiger partial charge in [0.25, 0.3) is 5.69 Å². The van der Waals surface area contributed by atoms with Crippen LogP contribution < -0.4 is 10.5 Å². The van der Waals surface area contributed by atoms with Gasteiger partial charge in [0.1, 0.15) is 12.6 Å². The maximum atomic E-state index is 13.4. The summed E-state index contributed by atoms with van der Waals surface area (Å²) in [7, 11) is 0. The number of nitro groups is 1. The molecule has 1 rings (SSSR count). The molecule has 7 nitrogen and oxygen atoms in total. The van der Waals surface area contributed by atoms with Crippen LogP contribution in [0.5, 0.6) is 5.75 Å². The lowest BCUT2D eigenvalue weighted by Crippen LogP contribution is -2.37. The summed E-state index contributed by atoms with van der Waals surface area (Å²) >= 11 is 0. The fourth-order valence-electron chi connectivity index (χ4n) is 1.22. The Bertz CT molecular complexity index is 480. The van der Waals surface area contributed by atoms with Gasteiger partial charge in [0, 0.05) is 6.07 Å². The molecule has 1 atom stereocenters. The third-order valence-corrected chi connectivity index (χ3v) is 2.13. The van der Waals surface area contributed by atoms with Gasteiger partial charge in [0.15, 0.2) is 11.6 Å². The van der Waals surface area contributed by atoms with Gasteiger partial charge in [-0.3, -0.25) is 14.9 Å². The quantitative estimate of drug-likeness (QED) is 0.470. The number of carbonyl (C=O) groups excluding carboxylic acids is 1. The fourth-order valence-corrected chi connectivity index (χ4v) is 1.22. The molecule has 8 heteroatoms. The molecule has 0 aliphatic heterocycles. The van der Waals surface area contributed by atoms with E-state index < -0.39 is 22.8 Å². The summed E-state index contributed by atoms with van der Waals surface area (Å²) in [6, 6.07) is 1.87. The van der Waals surface area contributed by atoms with Gasteiger partial charge < -0.3 is 15.2 Å². The van der Waals surface area contributed by atoms with Crippen molar-refractivity contribution in [3.63, 3.8) is 0 Å². The van der Waals surface area contributed by atoms with Gasteiger partial charge in [0.05, 0.1) is 17.6 Å². The second kappa shape index (κ2) is 6.64.